The highest BCUT2D eigenvalue weighted by Gasteiger charge is 2.51. The van der Waals surface area contributed by atoms with Gasteiger partial charge >= 0.3 is 29.8 Å². The fourth-order valence-corrected chi connectivity index (χ4v) is 3.71. The van der Waals surface area contributed by atoms with Crippen LogP contribution in [0.3, 0.4) is 0 Å². The minimum atomic E-state index is -1.34. The smallest absolute Gasteiger partial charge is 0.348 e. The van der Waals surface area contributed by atoms with E-state index in [4.69, 9.17) is 33.7 Å². The number of esters is 5. The Balaban J connectivity index is 2.86. The maximum absolute atomic E-state index is 11.9. The molecule has 0 saturated carbocycles. The van der Waals surface area contributed by atoms with E-state index in [1.807, 2.05) is 0 Å². The number of aliphatic hydroxyl groups excluding tert-OH is 1. The van der Waals surface area contributed by atoms with Gasteiger partial charge in [-0.3, -0.25) is 19.2 Å². The lowest BCUT2D eigenvalue weighted by Crippen LogP contribution is -2.66. The number of nitrogens with one attached hydrogen (secondary N) is 1. The predicted molar refractivity (Wildman–Crippen MR) is 130 cm³/mol. The summed E-state index contributed by atoms with van der Waals surface area (Å²) in [6.07, 6.45) is -3.76. The fourth-order valence-electron chi connectivity index (χ4n) is 3.71. The molecule has 218 valence electrons. The quantitative estimate of drug-likeness (QED) is 0.0912. The Morgan fingerprint density at radius 2 is 1.54 bits per heavy atom. The molecule has 14 nitrogen and oxygen atoms in total. The van der Waals surface area contributed by atoms with E-state index in [0.29, 0.717) is 25.7 Å². The molecule has 39 heavy (non-hydrogen) atoms. The van der Waals surface area contributed by atoms with Gasteiger partial charge in [0.05, 0.1) is 12.7 Å². The van der Waals surface area contributed by atoms with E-state index in [0.717, 1.165) is 20.8 Å². The number of ether oxygens (including phenoxy) is 6. The van der Waals surface area contributed by atoms with Gasteiger partial charge in [-0.25, -0.2) is 4.79 Å². The first-order valence-corrected chi connectivity index (χ1v) is 12.3. The van der Waals surface area contributed by atoms with Crippen molar-refractivity contribution in [3.05, 3.63) is 12.2 Å². The Labute approximate surface area is 226 Å². The molecule has 0 spiro atoms. The standard InChI is InChI=1S/C25H36N2O12/c1-14(11-26)24(33)34-10-8-6-7-9-19(32)12-27-21-23(37-17(4)30)22(36-16(3)29)20(13-35-15(2)28)39-25(21)38-18(5)31/h19-23,25,27,32H,1,6-10,12-13H2,2-5H3/t19?,20-,21+,22-,23-,25-/m1/s1. The van der Waals surface area contributed by atoms with Gasteiger partial charge in [0.15, 0.2) is 12.2 Å². The van der Waals surface area contributed by atoms with Crippen LogP contribution in [0.4, 0.5) is 0 Å². The first kappa shape index (κ1) is 33.5. The summed E-state index contributed by atoms with van der Waals surface area (Å²) in [6, 6.07) is 0.550. The van der Waals surface area contributed by atoms with Gasteiger partial charge in [-0.1, -0.05) is 13.0 Å². The van der Waals surface area contributed by atoms with Crippen LogP contribution in [-0.2, 0) is 52.4 Å². The fraction of sp³-hybridized carbons (Fsp3) is 0.680. The molecule has 0 aromatic carbocycles. The van der Waals surface area contributed by atoms with Crippen LogP contribution in [0.1, 0.15) is 53.4 Å². The van der Waals surface area contributed by atoms with Crippen molar-refractivity contribution in [2.75, 3.05) is 19.8 Å². The molecule has 0 bridgehead atoms. The third kappa shape index (κ3) is 12.7. The van der Waals surface area contributed by atoms with E-state index in [2.05, 4.69) is 11.9 Å². The molecule has 0 radical (unpaired) electrons. The Hall–Kier alpha value is -3.54. The molecule has 1 heterocycles. The number of aliphatic hydroxyl groups is 1. The highest BCUT2D eigenvalue weighted by atomic mass is 16.7. The summed E-state index contributed by atoms with van der Waals surface area (Å²) in [5, 5.41) is 22.0. The van der Waals surface area contributed by atoms with Crippen molar-refractivity contribution in [3.8, 4) is 6.07 Å². The number of unbranched alkanes of at least 4 members (excludes halogenated alkanes) is 2. The van der Waals surface area contributed by atoms with Crippen molar-refractivity contribution in [1.29, 1.82) is 5.26 Å². The Morgan fingerprint density at radius 3 is 2.10 bits per heavy atom. The van der Waals surface area contributed by atoms with Gasteiger partial charge in [0, 0.05) is 34.2 Å². The van der Waals surface area contributed by atoms with Crippen LogP contribution in [0.5, 0.6) is 0 Å². The zero-order chi connectivity index (χ0) is 29.5. The summed E-state index contributed by atoms with van der Waals surface area (Å²) < 4.78 is 31.7. The van der Waals surface area contributed by atoms with E-state index < -0.39 is 66.6 Å². The number of carbonyl (C=O) groups excluding carboxylic acids is 5. The van der Waals surface area contributed by atoms with Gasteiger partial charge in [0.1, 0.15) is 30.4 Å². The molecule has 2 N–H and O–H groups in total. The Bertz CT molecular complexity index is 931. The number of nitriles is 1. The Kier molecular flexibility index (Phi) is 14.7. The average Bonchev–Trinajstić information content (AvgIpc) is 2.84. The minimum Gasteiger partial charge on any atom is -0.463 e. The SMILES string of the molecule is C=C(C#N)C(=O)OCCCCCC(O)CN[C@@H]1[C@H](OC(C)=O)O[C@H](COC(C)=O)[C@@H](OC(C)=O)[C@@H]1OC(C)=O. The zero-order valence-electron chi connectivity index (χ0n) is 22.5. The average molecular weight is 557 g/mol. The zero-order valence-corrected chi connectivity index (χ0v) is 22.5. The van der Waals surface area contributed by atoms with Crippen LogP contribution in [0, 0.1) is 11.3 Å². The van der Waals surface area contributed by atoms with Gasteiger partial charge in [-0.2, -0.15) is 5.26 Å². The lowest BCUT2D eigenvalue weighted by molar-refractivity contribution is -0.271. The first-order valence-electron chi connectivity index (χ1n) is 12.3. The van der Waals surface area contributed by atoms with E-state index in [1.165, 1.54) is 6.92 Å². The van der Waals surface area contributed by atoms with Crippen molar-refractivity contribution < 1.29 is 57.5 Å². The minimum absolute atomic E-state index is 0.0397. The first-order chi connectivity index (χ1) is 18.3. The summed E-state index contributed by atoms with van der Waals surface area (Å²) in [7, 11) is 0. The van der Waals surface area contributed by atoms with E-state index in [9.17, 15) is 29.1 Å². The van der Waals surface area contributed by atoms with Gasteiger partial charge < -0.3 is 38.8 Å². The normalized spacial score (nSPS) is 22.9. The molecule has 6 atom stereocenters. The van der Waals surface area contributed by atoms with Crippen molar-refractivity contribution >= 4 is 29.8 Å². The van der Waals surface area contributed by atoms with Gasteiger partial charge in [-0.15, -0.1) is 0 Å². The molecule has 0 aromatic heterocycles. The van der Waals surface area contributed by atoms with E-state index in [1.54, 1.807) is 6.07 Å². The van der Waals surface area contributed by atoms with Crippen LogP contribution in [0.25, 0.3) is 0 Å². The number of hydrogen-bond donors (Lipinski definition) is 2. The van der Waals surface area contributed by atoms with E-state index >= 15 is 0 Å². The molecule has 14 heteroatoms. The summed E-state index contributed by atoms with van der Waals surface area (Å²) in [4.78, 5) is 58.3. The third-order valence-corrected chi connectivity index (χ3v) is 5.37. The number of hydrogen-bond acceptors (Lipinski definition) is 14. The summed E-state index contributed by atoms with van der Waals surface area (Å²) in [5.41, 5.74) is -0.282. The molecule has 1 aliphatic heterocycles. The van der Waals surface area contributed by atoms with E-state index in [-0.39, 0.29) is 25.3 Å². The van der Waals surface area contributed by atoms with Crippen molar-refractivity contribution in [2.45, 2.75) is 90.1 Å². The summed E-state index contributed by atoms with van der Waals surface area (Å²) >= 11 is 0. The lowest BCUT2D eigenvalue weighted by atomic mass is 9.95. The lowest BCUT2D eigenvalue weighted by Gasteiger charge is -2.44. The van der Waals surface area contributed by atoms with Crippen molar-refractivity contribution in [1.82, 2.24) is 5.32 Å². The molecular weight excluding hydrogens is 520 g/mol. The maximum Gasteiger partial charge on any atom is 0.348 e. The van der Waals surface area contributed by atoms with Crippen LogP contribution in [0.2, 0.25) is 0 Å². The van der Waals surface area contributed by atoms with Gasteiger partial charge in [0.25, 0.3) is 0 Å². The molecule has 1 fully saturated rings. The van der Waals surface area contributed by atoms with Gasteiger partial charge in [0.2, 0.25) is 6.29 Å². The predicted octanol–water partition coefficient (Wildman–Crippen LogP) is 0.203. The molecular formula is C25H36N2O12. The van der Waals surface area contributed by atoms with Crippen LogP contribution in [-0.4, -0.2) is 91.5 Å². The molecule has 0 amide bonds. The van der Waals surface area contributed by atoms with Crippen LogP contribution in [0.15, 0.2) is 12.2 Å². The number of nitrogens with zero attached hydrogens (tertiary/aromatic N) is 1. The molecule has 1 rings (SSSR count). The molecule has 1 aliphatic rings. The largest absolute Gasteiger partial charge is 0.463 e. The third-order valence-electron chi connectivity index (χ3n) is 5.37. The molecule has 1 unspecified atom stereocenters. The topological polar surface area (TPSA) is 197 Å². The monoisotopic (exact) mass is 556 g/mol. The summed E-state index contributed by atoms with van der Waals surface area (Å²) in [5.74, 6) is -3.57. The highest BCUT2D eigenvalue weighted by molar-refractivity contribution is 5.91. The second kappa shape index (κ2) is 17.1. The number of rotatable bonds is 15. The summed E-state index contributed by atoms with van der Waals surface area (Å²) in [6.45, 7) is 7.54. The van der Waals surface area contributed by atoms with Crippen LogP contribution < -0.4 is 5.32 Å². The van der Waals surface area contributed by atoms with Crippen molar-refractivity contribution in [3.63, 3.8) is 0 Å². The second-order valence-electron chi connectivity index (χ2n) is 8.77. The Morgan fingerprint density at radius 1 is 0.923 bits per heavy atom. The second-order valence-corrected chi connectivity index (χ2v) is 8.77. The van der Waals surface area contributed by atoms with Gasteiger partial charge in [-0.05, 0) is 19.3 Å². The molecule has 1 saturated heterocycles. The highest BCUT2D eigenvalue weighted by Crippen LogP contribution is 2.28. The van der Waals surface area contributed by atoms with Crippen molar-refractivity contribution in [2.24, 2.45) is 0 Å². The number of carbonyl (C=O) groups is 5. The maximum atomic E-state index is 11.9. The molecule has 0 aromatic rings. The van der Waals surface area contributed by atoms with Crippen LogP contribution >= 0.6 is 0 Å². The molecule has 0 aliphatic carbocycles.